The topological polar surface area (TPSA) is 26.0 Å². The van der Waals surface area contributed by atoms with Crippen LogP contribution in [0.3, 0.4) is 0 Å². The lowest BCUT2D eigenvalue weighted by Crippen LogP contribution is -2.12. The van der Waals surface area contributed by atoms with Crippen molar-refractivity contribution in [2.45, 2.75) is 17.9 Å². The summed E-state index contributed by atoms with van der Waals surface area (Å²) in [4.78, 5) is 1.01. The van der Waals surface area contributed by atoms with Crippen molar-refractivity contribution in [2.24, 2.45) is 5.73 Å². The first-order chi connectivity index (χ1) is 9.06. The van der Waals surface area contributed by atoms with Gasteiger partial charge < -0.3 is 5.73 Å². The lowest BCUT2D eigenvalue weighted by atomic mass is 10.1. The predicted molar refractivity (Wildman–Crippen MR) is 80.2 cm³/mol. The van der Waals surface area contributed by atoms with Crippen molar-refractivity contribution in [3.05, 3.63) is 64.4 Å². The Labute approximate surface area is 122 Å². The Bertz CT molecular complexity index is 557. The van der Waals surface area contributed by atoms with E-state index < -0.39 is 0 Å². The summed E-state index contributed by atoms with van der Waals surface area (Å²) in [5.74, 6) is 0.504. The molecule has 100 valence electrons. The molecule has 0 aliphatic heterocycles. The zero-order valence-electron chi connectivity index (χ0n) is 10.6. The summed E-state index contributed by atoms with van der Waals surface area (Å²) < 4.78 is 12.8. The molecule has 1 atom stereocenters. The van der Waals surface area contributed by atoms with E-state index >= 15 is 0 Å². The normalized spacial score (nSPS) is 12.4. The summed E-state index contributed by atoms with van der Waals surface area (Å²) in [6, 6.07) is 12.2. The number of halogens is 2. The number of rotatable bonds is 4. The Morgan fingerprint density at radius 3 is 2.53 bits per heavy atom. The number of benzene rings is 2. The minimum atomic E-state index is -0.223. The smallest absolute Gasteiger partial charge is 0.123 e. The lowest BCUT2D eigenvalue weighted by Gasteiger charge is -2.13. The van der Waals surface area contributed by atoms with E-state index in [4.69, 9.17) is 17.3 Å². The molecule has 2 rings (SSSR count). The van der Waals surface area contributed by atoms with Crippen LogP contribution in [0.25, 0.3) is 0 Å². The maximum atomic E-state index is 12.8. The molecule has 0 fully saturated rings. The van der Waals surface area contributed by atoms with Gasteiger partial charge in [-0.05, 0) is 48.4 Å². The van der Waals surface area contributed by atoms with Gasteiger partial charge in [-0.3, -0.25) is 0 Å². The van der Waals surface area contributed by atoms with E-state index in [1.165, 1.54) is 12.1 Å². The van der Waals surface area contributed by atoms with Crippen LogP contribution in [0.1, 0.15) is 17.2 Å². The first kappa shape index (κ1) is 14.4. The summed E-state index contributed by atoms with van der Waals surface area (Å²) in [6.07, 6.45) is 0. The number of nitrogens with two attached hydrogens (primary N) is 1. The third-order valence-electron chi connectivity index (χ3n) is 2.87. The molecule has 2 aromatic rings. The van der Waals surface area contributed by atoms with Crippen LogP contribution in [0.5, 0.6) is 0 Å². The van der Waals surface area contributed by atoms with E-state index in [1.54, 1.807) is 23.9 Å². The highest BCUT2D eigenvalue weighted by atomic mass is 35.5. The van der Waals surface area contributed by atoms with E-state index in [-0.39, 0.29) is 11.9 Å². The van der Waals surface area contributed by atoms with Crippen LogP contribution in [-0.4, -0.2) is 5.75 Å². The molecule has 0 bridgehead atoms. The van der Waals surface area contributed by atoms with Crippen LogP contribution < -0.4 is 5.73 Å². The Hall–Kier alpha value is -1.03. The van der Waals surface area contributed by atoms with Crippen LogP contribution in [0.2, 0.25) is 5.02 Å². The standard InChI is InChI=1S/C15H15ClFNS/c1-10-2-3-11(8-14(10)16)15(18)9-19-13-6-4-12(17)5-7-13/h2-8,15H,9,18H2,1H3. The minimum Gasteiger partial charge on any atom is -0.323 e. The monoisotopic (exact) mass is 295 g/mol. The number of aryl methyl sites for hydroxylation is 1. The summed E-state index contributed by atoms with van der Waals surface area (Å²) in [7, 11) is 0. The second-order valence-electron chi connectivity index (χ2n) is 4.38. The van der Waals surface area contributed by atoms with Gasteiger partial charge in [0, 0.05) is 21.7 Å². The van der Waals surface area contributed by atoms with Gasteiger partial charge in [-0.1, -0.05) is 23.7 Å². The van der Waals surface area contributed by atoms with Gasteiger partial charge in [-0.25, -0.2) is 4.39 Å². The maximum absolute atomic E-state index is 12.8. The number of thioether (sulfide) groups is 1. The molecule has 0 aliphatic carbocycles. The molecule has 4 heteroatoms. The average Bonchev–Trinajstić information content (AvgIpc) is 2.41. The first-order valence-electron chi connectivity index (χ1n) is 5.96. The summed E-state index contributed by atoms with van der Waals surface area (Å²) >= 11 is 7.70. The van der Waals surface area contributed by atoms with E-state index in [0.29, 0.717) is 0 Å². The molecule has 2 aromatic carbocycles. The van der Waals surface area contributed by atoms with E-state index in [9.17, 15) is 4.39 Å². The Morgan fingerprint density at radius 1 is 1.21 bits per heavy atom. The van der Waals surface area contributed by atoms with Crippen LogP contribution in [0, 0.1) is 12.7 Å². The predicted octanol–water partition coefficient (Wildman–Crippen LogP) is 4.58. The molecule has 0 spiro atoms. The third-order valence-corrected chi connectivity index (χ3v) is 4.41. The van der Waals surface area contributed by atoms with E-state index in [2.05, 4.69) is 0 Å². The molecule has 2 N–H and O–H groups in total. The van der Waals surface area contributed by atoms with Gasteiger partial charge in [0.05, 0.1) is 0 Å². The van der Waals surface area contributed by atoms with Crippen molar-refractivity contribution in [1.29, 1.82) is 0 Å². The average molecular weight is 296 g/mol. The Balaban J connectivity index is 1.98. The van der Waals surface area contributed by atoms with Gasteiger partial charge in [0.25, 0.3) is 0 Å². The van der Waals surface area contributed by atoms with Crippen molar-refractivity contribution in [2.75, 3.05) is 5.75 Å². The van der Waals surface area contributed by atoms with Gasteiger partial charge in [0.15, 0.2) is 0 Å². The van der Waals surface area contributed by atoms with Crippen LogP contribution >= 0.6 is 23.4 Å². The molecule has 19 heavy (non-hydrogen) atoms. The molecule has 1 unspecified atom stereocenters. The van der Waals surface area contributed by atoms with Gasteiger partial charge in [0.1, 0.15) is 5.82 Å². The molecule has 1 nitrogen and oxygen atoms in total. The quantitative estimate of drug-likeness (QED) is 0.836. The first-order valence-corrected chi connectivity index (χ1v) is 7.32. The SMILES string of the molecule is Cc1ccc(C(N)CSc2ccc(F)cc2)cc1Cl. The van der Waals surface area contributed by atoms with Gasteiger partial charge in [-0.2, -0.15) is 0 Å². The molecule has 0 aliphatic rings. The summed E-state index contributed by atoms with van der Waals surface area (Å²) in [5, 5.41) is 0.736. The third kappa shape index (κ3) is 3.96. The summed E-state index contributed by atoms with van der Waals surface area (Å²) in [6.45, 7) is 1.96. The minimum absolute atomic E-state index is 0.0897. The van der Waals surface area contributed by atoms with Gasteiger partial charge >= 0.3 is 0 Å². The summed E-state index contributed by atoms with van der Waals surface area (Å²) in [5.41, 5.74) is 8.20. The highest BCUT2D eigenvalue weighted by Crippen LogP contribution is 2.26. The lowest BCUT2D eigenvalue weighted by molar-refractivity contribution is 0.626. The van der Waals surface area contributed by atoms with Gasteiger partial charge in [-0.15, -0.1) is 11.8 Å². The number of hydrogen-bond donors (Lipinski definition) is 1. The van der Waals surface area contributed by atoms with Crippen molar-refractivity contribution < 1.29 is 4.39 Å². The fraction of sp³-hybridized carbons (Fsp3) is 0.200. The van der Waals surface area contributed by atoms with Gasteiger partial charge in [0.2, 0.25) is 0 Å². The molecular weight excluding hydrogens is 281 g/mol. The molecule has 0 saturated carbocycles. The fourth-order valence-corrected chi connectivity index (χ4v) is 2.73. The second-order valence-corrected chi connectivity index (χ2v) is 5.88. The molecule has 0 aromatic heterocycles. The molecular formula is C15H15ClFNS. The zero-order valence-corrected chi connectivity index (χ0v) is 12.1. The van der Waals surface area contributed by atoms with Crippen LogP contribution in [-0.2, 0) is 0 Å². The highest BCUT2D eigenvalue weighted by molar-refractivity contribution is 7.99. The maximum Gasteiger partial charge on any atom is 0.123 e. The number of hydrogen-bond acceptors (Lipinski definition) is 2. The zero-order chi connectivity index (χ0) is 13.8. The molecule has 0 saturated heterocycles. The van der Waals surface area contributed by atoms with Crippen molar-refractivity contribution in [3.8, 4) is 0 Å². The molecule has 0 heterocycles. The Morgan fingerprint density at radius 2 is 1.89 bits per heavy atom. The van der Waals surface area contributed by atoms with Crippen molar-refractivity contribution in [1.82, 2.24) is 0 Å². The van der Waals surface area contributed by atoms with Crippen molar-refractivity contribution >= 4 is 23.4 Å². The fourth-order valence-electron chi connectivity index (χ4n) is 1.65. The largest absolute Gasteiger partial charge is 0.323 e. The van der Waals surface area contributed by atoms with Crippen LogP contribution in [0.4, 0.5) is 4.39 Å². The highest BCUT2D eigenvalue weighted by Gasteiger charge is 2.08. The van der Waals surface area contributed by atoms with Crippen LogP contribution in [0.15, 0.2) is 47.4 Å². The van der Waals surface area contributed by atoms with Crippen molar-refractivity contribution in [3.63, 3.8) is 0 Å². The van der Waals surface area contributed by atoms with E-state index in [1.807, 2.05) is 25.1 Å². The Kier molecular flexibility index (Phi) is 4.86. The second kappa shape index (κ2) is 6.42. The van der Waals surface area contributed by atoms with E-state index in [0.717, 1.165) is 26.8 Å². The molecule has 0 radical (unpaired) electrons. The molecule has 0 amide bonds.